The van der Waals surface area contributed by atoms with Gasteiger partial charge in [-0.2, -0.15) is 0 Å². The lowest BCUT2D eigenvalue weighted by Crippen LogP contribution is -2.49. The van der Waals surface area contributed by atoms with Gasteiger partial charge in [0.2, 0.25) is 0 Å². The summed E-state index contributed by atoms with van der Waals surface area (Å²) in [7, 11) is -1.99. The summed E-state index contributed by atoms with van der Waals surface area (Å²) in [5.74, 6) is 0. The second kappa shape index (κ2) is 5.98. The highest BCUT2D eigenvalue weighted by Gasteiger charge is 2.43. The van der Waals surface area contributed by atoms with Gasteiger partial charge in [-0.3, -0.25) is 4.79 Å². The van der Waals surface area contributed by atoms with E-state index in [1.165, 1.54) is 0 Å². The van der Waals surface area contributed by atoms with Crippen molar-refractivity contribution in [2.45, 2.75) is 64.8 Å². The van der Waals surface area contributed by atoms with E-state index in [-0.39, 0.29) is 5.04 Å². The number of hydrogen-bond donors (Lipinski definition) is 0. The third-order valence-corrected chi connectivity index (χ3v) is 7.95. The van der Waals surface area contributed by atoms with E-state index < -0.39 is 13.9 Å². The maximum absolute atomic E-state index is 11.6. The molecule has 2 nitrogen and oxygen atoms in total. The summed E-state index contributed by atoms with van der Waals surface area (Å²) >= 11 is 0. The Balaban J connectivity index is 5.43. The van der Waals surface area contributed by atoms with Crippen LogP contribution in [0.2, 0.25) is 18.1 Å². The van der Waals surface area contributed by atoms with Gasteiger partial charge >= 0.3 is 0 Å². The molecule has 0 heterocycles. The van der Waals surface area contributed by atoms with E-state index >= 15 is 0 Å². The summed E-state index contributed by atoms with van der Waals surface area (Å²) in [6.45, 7) is 18.5. The Hall–Kier alpha value is -0.673. The van der Waals surface area contributed by atoms with Gasteiger partial charge in [0.15, 0.2) is 14.6 Å². The van der Waals surface area contributed by atoms with Gasteiger partial charge in [0.1, 0.15) is 5.60 Å². The van der Waals surface area contributed by atoms with Gasteiger partial charge in [-0.25, -0.2) is 0 Å². The van der Waals surface area contributed by atoms with Crippen LogP contribution in [-0.4, -0.2) is 20.2 Å². The molecule has 0 spiro atoms. The first kappa shape index (κ1) is 17.3. The van der Waals surface area contributed by atoms with Gasteiger partial charge < -0.3 is 4.43 Å². The van der Waals surface area contributed by atoms with Gasteiger partial charge in [0, 0.05) is 6.42 Å². The fourth-order valence-electron chi connectivity index (χ4n) is 1.58. The van der Waals surface area contributed by atoms with E-state index in [9.17, 15) is 4.79 Å². The Labute approximate surface area is 113 Å². The molecule has 0 radical (unpaired) electrons. The van der Waals surface area contributed by atoms with E-state index in [2.05, 4.69) is 40.4 Å². The molecular formula is C15H28O2Si. The normalized spacial score (nSPS) is 15.7. The average Bonchev–Trinajstić information content (AvgIpc) is 2.14. The molecule has 0 N–H and O–H groups in total. The molecule has 0 aliphatic rings. The predicted octanol–water partition coefficient (Wildman–Crippen LogP) is 4.49. The lowest BCUT2D eigenvalue weighted by atomic mass is 9.99. The Morgan fingerprint density at radius 3 is 2.06 bits per heavy atom. The minimum atomic E-state index is -1.99. The summed E-state index contributed by atoms with van der Waals surface area (Å²) in [6.07, 6.45) is 5.11. The predicted molar refractivity (Wildman–Crippen MR) is 81.3 cm³/mol. The average molecular weight is 268 g/mol. The highest BCUT2D eigenvalue weighted by Crippen LogP contribution is 2.40. The molecule has 0 unspecified atom stereocenters. The van der Waals surface area contributed by atoms with Gasteiger partial charge in [0.25, 0.3) is 0 Å². The van der Waals surface area contributed by atoms with E-state index in [1.807, 2.05) is 19.9 Å². The molecule has 0 aromatic carbocycles. The van der Waals surface area contributed by atoms with Gasteiger partial charge in [0.05, 0.1) is 0 Å². The van der Waals surface area contributed by atoms with Crippen LogP contribution in [0.5, 0.6) is 0 Å². The summed E-state index contributed by atoms with van der Waals surface area (Å²) in [5, 5.41) is 0.0813. The first-order valence-electron chi connectivity index (χ1n) is 6.43. The molecule has 0 rings (SSSR count). The molecule has 0 saturated carbocycles. The Morgan fingerprint density at radius 1 is 1.28 bits per heavy atom. The monoisotopic (exact) mass is 268 g/mol. The van der Waals surface area contributed by atoms with Crippen molar-refractivity contribution in [2.75, 3.05) is 0 Å². The molecule has 0 aromatic heterocycles. The van der Waals surface area contributed by atoms with Gasteiger partial charge in [-0.15, -0.1) is 6.58 Å². The van der Waals surface area contributed by atoms with Gasteiger partial charge in [-0.05, 0) is 38.1 Å². The highest BCUT2D eigenvalue weighted by atomic mass is 28.4. The lowest BCUT2D eigenvalue weighted by molar-refractivity contribution is -0.118. The van der Waals surface area contributed by atoms with Crippen LogP contribution in [0.1, 0.15) is 41.0 Å². The van der Waals surface area contributed by atoms with E-state index in [4.69, 9.17) is 4.43 Å². The van der Waals surface area contributed by atoms with Crippen LogP contribution in [0.25, 0.3) is 0 Å². The molecule has 0 aromatic rings. The third kappa shape index (κ3) is 4.54. The zero-order valence-corrected chi connectivity index (χ0v) is 14.0. The van der Waals surface area contributed by atoms with Crippen LogP contribution < -0.4 is 0 Å². The minimum absolute atomic E-state index is 0.0813. The fourth-order valence-corrected chi connectivity index (χ4v) is 3.03. The van der Waals surface area contributed by atoms with Crippen molar-refractivity contribution < 1.29 is 9.22 Å². The number of rotatable bonds is 6. The zero-order chi connectivity index (χ0) is 14.6. The Bertz CT molecular complexity index is 333. The Kier molecular flexibility index (Phi) is 5.76. The molecule has 3 heteroatoms. The molecule has 0 saturated heterocycles. The number of carbonyl (C=O) groups is 1. The molecule has 0 aliphatic carbocycles. The first-order chi connectivity index (χ1) is 7.99. The van der Waals surface area contributed by atoms with Crippen LogP contribution in [0.3, 0.4) is 0 Å². The maximum atomic E-state index is 11.6. The van der Waals surface area contributed by atoms with Crippen molar-refractivity contribution in [3.63, 3.8) is 0 Å². The van der Waals surface area contributed by atoms with E-state index in [1.54, 1.807) is 6.08 Å². The molecule has 0 amide bonds. The Morgan fingerprint density at radius 2 is 1.78 bits per heavy atom. The minimum Gasteiger partial charge on any atom is -0.401 e. The molecule has 0 aliphatic heterocycles. The second-order valence-corrected chi connectivity index (χ2v) is 11.4. The lowest BCUT2D eigenvalue weighted by Gasteiger charge is -2.42. The van der Waals surface area contributed by atoms with Crippen LogP contribution in [0.4, 0.5) is 0 Å². The molecule has 104 valence electrons. The fraction of sp³-hybridized carbons (Fsp3) is 0.667. The van der Waals surface area contributed by atoms with Crippen LogP contribution in [-0.2, 0) is 9.22 Å². The molecule has 1 atom stereocenters. The summed E-state index contributed by atoms with van der Waals surface area (Å²) in [4.78, 5) is 11.6. The highest BCUT2D eigenvalue weighted by molar-refractivity contribution is 6.74. The summed E-state index contributed by atoms with van der Waals surface area (Å²) in [5.41, 5.74) is 0.242. The van der Waals surface area contributed by atoms with E-state index in [0.29, 0.717) is 6.42 Å². The molecule has 18 heavy (non-hydrogen) atoms. The quantitative estimate of drug-likeness (QED) is 0.403. The molecular weight excluding hydrogens is 240 g/mol. The number of aldehydes is 1. The van der Waals surface area contributed by atoms with E-state index in [0.717, 1.165) is 11.9 Å². The number of hydrogen-bond acceptors (Lipinski definition) is 2. The topological polar surface area (TPSA) is 26.3 Å². The SMILES string of the molecule is C=CC[C@@](C=O)(C=C(C)C)O[Si](C)(C)C(C)(C)C. The molecule has 0 bridgehead atoms. The van der Waals surface area contributed by atoms with Crippen LogP contribution in [0, 0.1) is 0 Å². The standard InChI is InChI=1S/C15H28O2Si/c1-9-10-15(12-16,11-13(2)3)17-18(7,8)14(4,5)6/h9,11-12H,1,10H2,2-8H3/t15-/m0/s1. The third-order valence-electron chi connectivity index (χ3n) is 3.45. The van der Waals surface area contributed by atoms with Crippen LogP contribution in [0.15, 0.2) is 24.3 Å². The van der Waals surface area contributed by atoms with Crippen molar-refractivity contribution in [1.82, 2.24) is 0 Å². The second-order valence-electron chi connectivity index (χ2n) is 6.65. The van der Waals surface area contributed by atoms with Gasteiger partial charge in [-0.1, -0.05) is 32.4 Å². The van der Waals surface area contributed by atoms with Crippen molar-refractivity contribution in [3.8, 4) is 0 Å². The number of allylic oxidation sites excluding steroid dienone is 1. The van der Waals surface area contributed by atoms with Crippen molar-refractivity contribution >= 4 is 14.6 Å². The molecule has 0 fully saturated rings. The van der Waals surface area contributed by atoms with Crippen molar-refractivity contribution in [3.05, 3.63) is 24.3 Å². The largest absolute Gasteiger partial charge is 0.401 e. The van der Waals surface area contributed by atoms with Crippen LogP contribution >= 0.6 is 0 Å². The zero-order valence-electron chi connectivity index (χ0n) is 13.0. The maximum Gasteiger partial charge on any atom is 0.193 e. The number of carbonyl (C=O) groups excluding carboxylic acids is 1. The summed E-state index contributed by atoms with van der Waals surface area (Å²) in [6, 6.07) is 0. The summed E-state index contributed by atoms with van der Waals surface area (Å²) < 4.78 is 6.31. The van der Waals surface area contributed by atoms with Crippen molar-refractivity contribution in [1.29, 1.82) is 0 Å². The first-order valence-corrected chi connectivity index (χ1v) is 9.34. The van der Waals surface area contributed by atoms with Crippen molar-refractivity contribution in [2.24, 2.45) is 0 Å². The smallest absolute Gasteiger partial charge is 0.193 e.